The van der Waals surface area contributed by atoms with Crippen molar-refractivity contribution in [2.75, 3.05) is 6.54 Å². The van der Waals surface area contributed by atoms with E-state index in [9.17, 15) is 14.4 Å². The molecule has 3 rings (SSSR count). The third-order valence-electron chi connectivity index (χ3n) is 4.73. The third-order valence-corrected chi connectivity index (χ3v) is 5.31. The van der Waals surface area contributed by atoms with Gasteiger partial charge in [0.15, 0.2) is 0 Å². The molecular weight excluding hydrogens is 351 g/mol. The quantitative estimate of drug-likeness (QED) is 0.830. The van der Waals surface area contributed by atoms with E-state index < -0.39 is 0 Å². The highest BCUT2D eigenvalue weighted by atomic mass is 35.5. The van der Waals surface area contributed by atoms with Gasteiger partial charge >= 0.3 is 0 Å². The van der Waals surface area contributed by atoms with E-state index in [4.69, 9.17) is 23.2 Å². The van der Waals surface area contributed by atoms with Gasteiger partial charge in [-0.1, -0.05) is 42.1 Å². The van der Waals surface area contributed by atoms with Crippen LogP contribution in [0.25, 0.3) is 0 Å². The fourth-order valence-electron chi connectivity index (χ4n) is 3.45. The van der Waals surface area contributed by atoms with Crippen LogP contribution in [0.1, 0.15) is 31.2 Å². The number of carbonyl (C=O) groups is 3. The smallest absolute Gasteiger partial charge is 0.240 e. The Labute approximate surface area is 150 Å². The Morgan fingerprint density at radius 1 is 1.12 bits per heavy atom. The number of hydrogen-bond acceptors (Lipinski definition) is 3. The van der Waals surface area contributed by atoms with Gasteiger partial charge in [-0.2, -0.15) is 0 Å². The van der Waals surface area contributed by atoms with Gasteiger partial charge in [0.1, 0.15) is 6.54 Å². The summed E-state index contributed by atoms with van der Waals surface area (Å²) < 4.78 is 0. The van der Waals surface area contributed by atoms with E-state index in [0.29, 0.717) is 10.0 Å². The number of halogens is 2. The van der Waals surface area contributed by atoms with Crippen LogP contribution in [0.15, 0.2) is 18.2 Å². The van der Waals surface area contributed by atoms with Gasteiger partial charge in [-0.25, -0.2) is 0 Å². The van der Waals surface area contributed by atoms with Crippen molar-refractivity contribution < 1.29 is 14.4 Å². The van der Waals surface area contributed by atoms with Crippen molar-refractivity contribution in [1.29, 1.82) is 0 Å². The van der Waals surface area contributed by atoms with Crippen LogP contribution in [-0.2, 0) is 20.9 Å². The summed E-state index contributed by atoms with van der Waals surface area (Å²) in [7, 11) is 0. The summed E-state index contributed by atoms with van der Waals surface area (Å²) in [6.45, 7) is -0.00616. The second kappa shape index (κ2) is 7.11. The first-order chi connectivity index (χ1) is 11.5. The molecule has 3 amide bonds. The van der Waals surface area contributed by atoms with Crippen LogP contribution >= 0.6 is 23.2 Å². The Morgan fingerprint density at radius 2 is 1.75 bits per heavy atom. The number of fused-ring (bicyclic) bond motifs is 1. The summed E-state index contributed by atoms with van der Waals surface area (Å²) in [4.78, 5) is 37.9. The summed E-state index contributed by atoms with van der Waals surface area (Å²) >= 11 is 11.9. The molecule has 0 radical (unpaired) electrons. The molecular formula is C17H18Cl2N2O3. The zero-order chi connectivity index (χ0) is 17.3. The minimum absolute atomic E-state index is 0.204. The van der Waals surface area contributed by atoms with E-state index in [-0.39, 0.29) is 42.6 Å². The predicted molar refractivity (Wildman–Crippen MR) is 90.5 cm³/mol. The Kier molecular flexibility index (Phi) is 5.11. The van der Waals surface area contributed by atoms with Crippen molar-refractivity contribution in [3.63, 3.8) is 0 Å². The predicted octanol–water partition coefficient (Wildman–Crippen LogP) is 2.78. The number of carbonyl (C=O) groups excluding carboxylic acids is 3. The minimum Gasteiger partial charge on any atom is -0.350 e. The SMILES string of the molecule is O=C(CN1C(=O)C2CCCCC2C1=O)NCc1ccc(Cl)cc1Cl. The molecule has 0 bridgehead atoms. The number of imide groups is 1. The fourth-order valence-corrected chi connectivity index (χ4v) is 3.92. The summed E-state index contributed by atoms with van der Waals surface area (Å²) in [5.41, 5.74) is 0.724. The average Bonchev–Trinajstić information content (AvgIpc) is 2.79. The van der Waals surface area contributed by atoms with Crippen molar-refractivity contribution in [1.82, 2.24) is 10.2 Å². The van der Waals surface area contributed by atoms with Gasteiger partial charge in [0.25, 0.3) is 0 Å². The Morgan fingerprint density at radius 3 is 2.33 bits per heavy atom. The summed E-state index contributed by atoms with van der Waals surface area (Å²) in [6.07, 6.45) is 3.42. The molecule has 1 aliphatic heterocycles. The average molecular weight is 369 g/mol. The van der Waals surface area contributed by atoms with Crippen molar-refractivity contribution >= 4 is 40.9 Å². The lowest BCUT2D eigenvalue weighted by Crippen LogP contribution is -2.40. The number of amides is 3. The first-order valence-corrected chi connectivity index (χ1v) is 8.79. The Bertz CT molecular complexity index is 668. The number of benzene rings is 1. The van der Waals surface area contributed by atoms with Crippen LogP contribution in [-0.4, -0.2) is 29.2 Å². The summed E-state index contributed by atoms with van der Waals surface area (Å²) in [5.74, 6) is -1.25. The zero-order valence-electron chi connectivity index (χ0n) is 13.1. The number of rotatable bonds is 4. The molecule has 0 aromatic heterocycles. The van der Waals surface area contributed by atoms with Crippen molar-refractivity contribution in [3.05, 3.63) is 33.8 Å². The van der Waals surface area contributed by atoms with Gasteiger partial charge in [0.05, 0.1) is 11.8 Å². The second-order valence-electron chi connectivity index (χ2n) is 6.27. The highest BCUT2D eigenvalue weighted by Crippen LogP contribution is 2.37. The van der Waals surface area contributed by atoms with Crippen molar-refractivity contribution in [2.45, 2.75) is 32.2 Å². The number of hydrogen-bond donors (Lipinski definition) is 1. The highest BCUT2D eigenvalue weighted by molar-refractivity contribution is 6.35. The fraction of sp³-hybridized carbons (Fsp3) is 0.471. The molecule has 1 saturated heterocycles. The first-order valence-electron chi connectivity index (χ1n) is 8.03. The van der Waals surface area contributed by atoms with Gasteiger partial charge in [-0.05, 0) is 30.5 Å². The summed E-state index contributed by atoms with van der Waals surface area (Å²) in [5, 5.41) is 3.68. The van der Waals surface area contributed by atoms with Gasteiger partial charge in [-0.15, -0.1) is 0 Å². The molecule has 1 aromatic rings. The topological polar surface area (TPSA) is 66.5 Å². The van der Waals surface area contributed by atoms with Crippen LogP contribution in [0.3, 0.4) is 0 Å². The molecule has 24 heavy (non-hydrogen) atoms. The number of nitrogens with zero attached hydrogens (tertiary/aromatic N) is 1. The highest BCUT2D eigenvalue weighted by Gasteiger charge is 2.48. The molecule has 7 heteroatoms. The maximum atomic E-state index is 12.3. The molecule has 2 fully saturated rings. The maximum absolute atomic E-state index is 12.3. The van der Waals surface area contributed by atoms with Crippen molar-refractivity contribution in [3.8, 4) is 0 Å². The van der Waals surface area contributed by atoms with Crippen LogP contribution in [0.4, 0.5) is 0 Å². The molecule has 2 atom stereocenters. The maximum Gasteiger partial charge on any atom is 0.240 e. The number of likely N-dealkylation sites (tertiary alicyclic amines) is 1. The molecule has 5 nitrogen and oxygen atoms in total. The lowest BCUT2D eigenvalue weighted by atomic mass is 9.81. The molecule has 1 aromatic carbocycles. The van der Waals surface area contributed by atoms with Gasteiger partial charge < -0.3 is 5.32 Å². The molecule has 0 spiro atoms. The number of nitrogens with one attached hydrogen (secondary N) is 1. The van der Waals surface area contributed by atoms with Crippen LogP contribution < -0.4 is 5.32 Å². The Hall–Kier alpha value is -1.59. The third kappa shape index (κ3) is 3.42. The van der Waals surface area contributed by atoms with Crippen molar-refractivity contribution in [2.24, 2.45) is 11.8 Å². The Balaban J connectivity index is 1.58. The molecule has 128 valence electrons. The lowest BCUT2D eigenvalue weighted by molar-refractivity contribution is -0.143. The molecule has 1 heterocycles. The molecule has 1 saturated carbocycles. The largest absolute Gasteiger partial charge is 0.350 e. The van der Waals surface area contributed by atoms with E-state index >= 15 is 0 Å². The standard InChI is InChI=1S/C17H18Cl2N2O3/c18-11-6-5-10(14(19)7-11)8-20-15(22)9-21-16(23)12-3-1-2-4-13(12)17(21)24/h5-7,12-13H,1-4,8-9H2,(H,20,22). The van der Waals surface area contributed by atoms with Crippen LogP contribution in [0, 0.1) is 11.8 Å². The lowest BCUT2D eigenvalue weighted by Gasteiger charge is -2.19. The van der Waals surface area contributed by atoms with E-state index in [1.807, 2.05) is 0 Å². The monoisotopic (exact) mass is 368 g/mol. The normalized spacial score (nSPS) is 23.3. The zero-order valence-corrected chi connectivity index (χ0v) is 14.6. The van der Waals surface area contributed by atoms with Gasteiger partial charge in [-0.3, -0.25) is 19.3 Å². The van der Waals surface area contributed by atoms with E-state index in [0.717, 1.165) is 36.1 Å². The minimum atomic E-state index is -0.374. The molecule has 1 N–H and O–H groups in total. The van der Waals surface area contributed by atoms with Crippen LogP contribution in [0.2, 0.25) is 10.0 Å². The van der Waals surface area contributed by atoms with Crippen LogP contribution in [0.5, 0.6) is 0 Å². The second-order valence-corrected chi connectivity index (χ2v) is 7.12. The molecule has 2 aliphatic rings. The van der Waals surface area contributed by atoms with E-state index in [1.54, 1.807) is 18.2 Å². The summed E-state index contributed by atoms with van der Waals surface area (Å²) in [6, 6.07) is 5.02. The van der Waals surface area contributed by atoms with Gasteiger partial charge in [0.2, 0.25) is 17.7 Å². The van der Waals surface area contributed by atoms with E-state index in [2.05, 4.69) is 5.32 Å². The van der Waals surface area contributed by atoms with E-state index in [1.165, 1.54) is 0 Å². The molecule has 2 unspecified atom stereocenters. The van der Waals surface area contributed by atoms with Gasteiger partial charge in [0, 0.05) is 16.6 Å². The molecule has 1 aliphatic carbocycles. The first kappa shape index (κ1) is 17.2.